The van der Waals surface area contributed by atoms with Crippen LogP contribution in [0.2, 0.25) is 0 Å². The van der Waals surface area contributed by atoms with Gasteiger partial charge in [0.1, 0.15) is 5.82 Å². The van der Waals surface area contributed by atoms with Gasteiger partial charge in [-0.2, -0.15) is 0 Å². The van der Waals surface area contributed by atoms with Crippen molar-refractivity contribution in [3.63, 3.8) is 0 Å². The highest BCUT2D eigenvalue weighted by molar-refractivity contribution is 9.10. The van der Waals surface area contributed by atoms with Crippen LogP contribution in [0.15, 0.2) is 40.9 Å². The fraction of sp³-hybridized carbons (Fsp3) is 0.200. The van der Waals surface area contributed by atoms with Gasteiger partial charge in [0.05, 0.1) is 17.6 Å². The molecular weight excluding hydrogens is 342 g/mol. The van der Waals surface area contributed by atoms with Crippen molar-refractivity contribution in [1.29, 1.82) is 0 Å². The lowest BCUT2D eigenvalue weighted by atomic mass is 9.99. The van der Waals surface area contributed by atoms with E-state index in [2.05, 4.69) is 21.4 Å². The van der Waals surface area contributed by atoms with Crippen molar-refractivity contribution in [2.45, 2.75) is 12.5 Å². The molecule has 2 rings (SSSR count). The van der Waals surface area contributed by atoms with Crippen LogP contribution in [0, 0.1) is 11.6 Å². The van der Waals surface area contributed by atoms with Crippen LogP contribution in [0.4, 0.5) is 8.78 Å². The minimum Gasteiger partial charge on any atom is -0.494 e. The van der Waals surface area contributed by atoms with Gasteiger partial charge in [-0.25, -0.2) is 8.78 Å². The molecule has 0 aliphatic rings. The number of nitrogens with two attached hydrogens (primary N) is 1. The predicted molar refractivity (Wildman–Crippen MR) is 80.8 cm³/mol. The molecule has 0 saturated heterocycles. The van der Waals surface area contributed by atoms with Gasteiger partial charge in [-0.05, 0) is 57.7 Å². The average molecular weight is 357 g/mol. The second-order valence-electron chi connectivity index (χ2n) is 4.57. The highest BCUT2D eigenvalue weighted by atomic mass is 79.9. The minimum absolute atomic E-state index is 0.195. The lowest BCUT2D eigenvalue weighted by Gasteiger charge is -2.17. The molecule has 0 bridgehead atoms. The zero-order chi connectivity index (χ0) is 15.4. The third-order valence-electron chi connectivity index (χ3n) is 3.20. The highest BCUT2D eigenvalue weighted by Gasteiger charge is 2.14. The van der Waals surface area contributed by atoms with E-state index in [0.29, 0.717) is 10.9 Å². The Morgan fingerprint density at radius 1 is 1.19 bits per heavy atom. The zero-order valence-electron chi connectivity index (χ0n) is 11.4. The van der Waals surface area contributed by atoms with E-state index in [9.17, 15) is 8.78 Å². The molecular formula is C15H15BrF2N2O. The second kappa shape index (κ2) is 6.98. The van der Waals surface area contributed by atoms with Gasteiger partial charge >= 0.3 is 0 Å². The first-order valence-corrected chi connectivity index (χ1v) is 7.08. The smallest absolute Gasteiger partial charge is 0.165 e. The van der Waals surface area contributed by atoms with E-state index in [1.807, 2.05) is 0 Å². The van der Waals surface area contributed by atoms with Crippen molar-refractivity contribution in [1.82, 2.24) is 5.43 Å². The summed E-state index contributed by atoms with van der Waals surface area (Å²) in [5.74, 6) is 4.98. The summed E-state index contributed by atoms with van der Waals surface area (Å²) in [5.41, 5.74) is 4.23. The molecule has 6 heteroatoms. The van der Waals surface area contributed by atoms with Crippen molar-refractivity contribution in [3.05, 3.63) is 63.6 Å². The fourth-order valence-corrected chi connectivity index (χ4v) is 2.47. The molecule has 1 unspecified atom stereocenters. The Bertz CT molecular complexity index is 637. The van der Waals surface area contributed by atoms with Crippen LogP contribution in [0.25, 0.3) is 0 Å². The summed E-state index contributed by atoms with van der Waals surface area (Å²) in [4.78, 5) is 0. The molecule has 0 aliphatic carbocycles. The van der Waals surface area contributed by atoms with Crippen LogP contribution >= 0.6 is 15.9 Å². The summed E-state index contributed by atoms with van der Waals surface area (Å²) >= 11 is 3.14. The Morgan fingerprint density at radius 3 is 2.52 bits per heavy atom. The maximum atomic E-state index is 13.7. The summed E-state index contributed by atoms with van der Waals surface area (Å²) in [6, 6.07) is 9.14. The van der Waals surface area contributed by atoms with Gasteiger partial charge in [-0.1, -0.05) is 12.1 Å². The number of methoxy groups -OCH3 is 1. The first kappa shape index (κ1) is 15.9. The molecule has 1 atom stereocenters. The predicted octanol–water partition coefficient (Wildman–Crippen LogP) is 3.48. The maximum Gasteiger partial charge on any atom is 0.165 e. The molecule has 0 spiro atoms. The summed E-state index contributed by atoms with van der Waals surface area (Å²) in [6.07, 6.45) is 0.468. The summed E-state index contributed by atoms with van der Waals surface area (Å²) < 4.78 is 32.2. The summed E-state index contributed by atoms with van der Waals surface area (Å²) in [5, 5.41) is 0. The van der Waals surface area contributed by atoms with Gasteiger partial charge in [0.25, 0.3) is 0 Å². The highest BCUT2D eigenvalue weighted by Crippen LogP contribution is 2.25. The molecule has 0 aliphatic heterocycles. The topological polar surface area (TPSA) is 47.3 Å². The van der Waals surface area contributed by atoms with Gasteiger partial charge < -0.3 is 4.74 Å². The molecule has 0 aromatic heterocycles. The SMILES string of the molecule is COc1ccc(CC(NN)c2ccc(F)c(Br)c2)cc1F. The van der Waals surface area contributed by atoms with E-state index in [1.165, 1.54) is 19.2 Å². The lowest BCUT2D eigenvalue weighted by molar-refractivity contribution is 0.386. The normalized spacial score (nSPS) is 12.2. The van der Waals surface area contributed by atoms with Gasteiger partial charge in [-0.15, -0.1) is 0 Å². The van der Waals surface area contributed by atoms with Crippen LogP contribution < -0.4 is 16.0 Å². The Balaban J connectivity index is 2.22. The number of halogens is 3. The number of hydrogen-bond acceptors (Lipinski definition) is 3. The van der Waals surface area contributed by atoms with Gasteiger partial charge in [0.15, 0.2) is 11.6 Å². The largest absolute Gasteiger partial charge is 0.494 e. The molecule has 112 valence electrons. The van der Waals surface area contributed by atoms with Crippen molar-refractivity contribution in [2.24, 2.45) is 5.84 Å². The Hall–Kier alpha value is -1.50. The van der Waals surface area contributed by atoms with Gasteiger partial charge in [0, 0.05) is 0 Å². The number of benzene rings is 2. The van der Waals surface area contributed by atoms with Gasteiger partial charge in [0.2, 0.25) is 0 Å². The molecule has 0 heterocycles. The Kier molecular flexibility index (Phi) is 5.27. The monoisotopic (exact) mass is 356 g/mol. The van der Waals surface area contributed by atoms with E-state index < -0.39 is 5.82 Å². The molecule has 0 radical (unpaired) electrons. The molecule has 2 aromatic rings. The summed E-state index contributed by atoms with van der Waals surface area (Å²) in [6.45, 7) is 0. The van der Waals surface area contributed by atoms with E-state index >= 15 is 0 Å². The third-order valence-corrected chi connectivity index (χ3v) is 3.81. The van der Waals surface area contributed by atoms with Crippen LogP contribution in [-0.4, -0.2) is 7.11 Å². The molecule has 3 N–H and O–H groups in total. The van der Waals surface area contributed by atoms with Crippen molar-refractivity contribution in [2.75, 3.05) is 7.11 Å². The standard InChI is InChI=1S/C15H15BrF2N2O/c1-21-15-5-2-9(6-13(15)18)7-14(20-19)10-3-4-12(17)11(16)8-10/h2-6,8,14,20H,7,19H2,1H3. The Labute approximate surface area is 130 Å². The molecule has 21 heavy (non-hydrogen) atoms. The fourth-order valence-electron chi connectivity index (χ4n) is 2.07. The Morgan fingerprint density at radius 2 is 1.95 bits per heavy atom. The molecule has 0 saturated carbocycles. The van der Waals surface area contributed by atoms with Crippen molar-refractivity contribution >= 4 is 15.9 Å². The number of hydrazine groups is 1. The van der Waals surface area contributed by atoms with E-state index in [-0.39, 0.29) is 17.6 Å². The van der Waals surface area contributed by atoms with Crippen LogP contribution in [0.5, 0.6) is 5.75 Å². The quantitative estimate of drug-likeness (QED) is 0.636. The molecule has 0 fully saturated rings. The molecule has 2 aromatic carbocycles. The zero-order valence-corrected chi connectivity index (χ0v) is 13.0. The van der Waals surface area contributed by atoms with E-state index in [4.69, 9.17) is 10.6 Å². The van der Waals surface area contributed by atoms with E-state index in [1.54, 1.807) is 24.3 Å². The number of ether oxygens (including phenoxy) is 1. The van der Waals surface area contributed by atoms with E-state index in [0.717, 1.165) is 11.1 Å². The van der Waals surface area contributed by atoms with Crippen molar-refractivity contribution in [3.8, 4) is 5.75 Å². The minimum atomic E-state index is -0.425. The number of nitrogens with one attached hydrogen (secondary N) is 1. The van der Waals surface area contributed by atoms with Crippen LogP contribution in [0.1, 0.15) is 17.2 Å². The third kappa shape index (κ3) is 3.78. The van der Waals surface area contributed by atoms with Gasteiger partial charge in [-0.3, -0.25) is 11.3 Å². The first-order chi connectivity index (χ1) is 10.0. The average Bonchev–Trinajstić information content (AvgIpc) is 2.48. The van der Waals surface area contributed by atoms with Crippen molar-refractivity contribution < 1.29 is 13.5 Å². The second-order valence-corrected chi connectivity index (χ2v) is 5.42. The van der Waals surface area contributed by atoms with Crippen LogP contribution in [-0.2, 0) is 6.42 Å². The maximum absolute atomic E-state index is 13.7. The molecule has 0 amide bonds. The van der Waals surface area contributed by atoms with Crippen LogP contribution in [0.3, 0.4) is 0 Å². The number of rotatable bonds is 5. The number of hydrogen-bond donors (Lipinski definition) is 2. The first-order valence-electron chi connectivity index (χ1n) is 6.28. The molecule has 3 nitrogen and oxygen atoms in total. The lowest BCUT2D eigenvalue weighted by Crippen LogP contribution is -2.29. The summed E-state index contributed by atoms with van der Waals surface area (Å²) in [7, 11) is 1.42.